The van der Waals surface area contributed by atoms with Crippen molar-refractivity contribution < 1.29 is 14.4 Å². The fourth-order valence-corrected chi connectivity index (χ4v) is 3.01. The highest BCUT2D eigenvalue weighted by Gasteiger charge is 2.42. The summed E-state index contributed by atoms with van der Waals surface area (Å²) in [5.74, 6) is 0.764. The molecular formula is C13H17N3O4. The van der Waals surface area contributed by atoms with E-state index in [4.69, 9.17) is 9.47 Å². The first kappa shape index (κ1) is 13.1. The van der Waals surface area contributed by atoms with Gasteiger partial charge >= 0.3 is 5.69 Å². The van der Waals surface area contributed by atoms with E-state index in [-0.39, 0.29) is 17.2 Å². The molecule has 1 aromatic heterocycles. The monoisotopic (exact) mass is 279 g/mol. The van der Waals surface area contributed by atoms with Gasteiger partial charge in [-0.15, -0.1) is 0 Å². The average Bonchev–Trinajstić information content (AvgIpc) is 3.09. The molecule has 2 aliphatic rings. The minimum atomic E-state index is -0.485. The number of anilines is 1. The molecule has 1 unspecified atom stereocenters. The Morgan fingerprint density at radius 1 is 1.50 bits per heavy atom. The molecule has 0 bridgehead atoms. The summed E-state index contributed by atoms with van der Waals surface area (Å²) in [4.78, 5) is 16.7. The van der Waals surface area contributed by atoms with Crippen LogP contribution >= 0.6 is 0 Å². The molecular weight excluding hydrogens is 262 g/mol. The lowest BCUT2D eigenvalue weighted by Crippen LogP contribution is -2.32. The molecule has 0 amide bonds. The topological polar surface area (TPSA) is 77.7 Å². The lowest BCUT2D eigenvalue weighted by molar-refractivity contribution is -0.386. The van der Waals surface area contributed by atoms with Gasteiger partial charge in [0.25, 0.3) is 5.88 Å². The number of nitrogens with zero attached hydrogens (tertiary/aromatic N) is 3. The molecule has 20 heavy (non-hydrogen) atoms. The molecule has 0 N–H and O–H groups in total. The summed E-state index contributed by atoms with van der Waals surface area (Å²) in [5.41, 5.74) is -0.154. The molecule has 7 heteroatoms. The van der Waals surface area contributed by atoms with Crippen molar-refractivity contribution in [2.45, 2.75) is 24.9 Å². The molecule has 0 aliphatic carbocycles. The van der Waals surface area contributed by atoms with Gasteiger partial charge in [0.15, 0.2) is 0 Å². The van der Waals surface area contributed by atoms with Crippen molar-refractivity contribution >= 4 is 11.5 Å². The third kappa shape index (κ3) is 2.18. The second kappa shape index (κ2) is 4.90. The van der Waals surface area contributed by atoms with E-state index in [9.17, 15) is 10.1 Å². The van der Waals surface area contributed by atoms with Gasteiger partial charge in [-0.2, -0.15) is 4.98 Å². The SMILES string of the molecule is COc1nc(N2CCC3(CCCO3)C2)ccc1[N+](=O)[O-]. The smallest absolute Gasteiger partial charge is 0.331 e. The van der Waals surface area contributed by atoms with E-state index in [1.807, 2.05) is 0 Å². The Hall–Kier alpha value is -1.89. The van der Waals surface area contributed by atoms with E-state index < -0.39 is 4.92 Å². The van der Waals surface area contributed by atoms with Gasteiger partial charge in [-0.25, -0.2) is 0 Å². The maximum atomic E-state index is 10.9. The number of nitro groups is 1. The number of pyridine rings is 1. The van der Waals surface area contributed by atoms with Crippen molar-refractivity contribution in [1.82, 2.24) is 4.98 Å². The van der Waals surface area contributed by atoms with Gasteiger partial charge in [-0.1, -0.05) is 0 Å². The molecule has 3 heterocycles. The van der Waals surface area contributed by atoms with E-state index in [0.29, 0.717) is 5.82 Å². The van der Waals surface area contributed by atoms with Gasteiger partial charge in [0.2, 0.25) is 0 Å². The average molecular weight is 279 g/mol. The van der Waals surface area contributed by atoms with E-state index in [2.05, 4.69) is 9.88 Å². The summed E-state index contributed by atoms with van der Waals surface area (Å²) < 4.78 is 10.9. The number of methoxy groups -OCH3 is 1. The Kier molecular flexibility index (Phi) is 3.21. The largest absolute Gasteiger partial charge is 0.476 e. The van der Waals surface area contributed by atoms with Gasteiger partial charge in [-0.05, 0) is 25.3 Å². The van der Waals surface area contributed by atoms with Crippen molar-refractivity contribution in [3.05, 3.63) is 22.2 Å². The van der Waals surface area contributed by atoms with Crippen molar-refractivity contribution in [2.75, 3.05) is 31.7 Å². The van der Waals surface area contributed by atoms with Crippen LogP contribution < -0.4 is 9.64 Å². The van der Waals surface area contributed by atoms with Crippen molar-refractivity contribution in [2.24, 2.45) is 0 Å². The predicted octanol–water partition coefficient (Wildman–Crippen LogP) is 1.76. The number of hydrogen-bond acceptors (Lipinski definition) is 6. The van der Waals surface area contributed by atoms with Crippen molar-refractivity contribution in [1.29, 1.82) is 0 Å². The van der Waals surface area contributed by atoms with Gasteiger partial charge in [0.1, 0.15) is 5.82 Å². The van der Waals surface area contributed by atoms with Crippen LogP contribution in [0.3, 0.4) is 0 Å². The van der Waals surface area contributed by atoms with E-state index in [1.165, 1.54) is 13.2 Å². The van der Waals surface area contributed by atoms with Crippen LogP contribution in [0.2, 0.25) is 0 Å². The summed E-state index contributed by atoms with van der Waals surface area (Å²) in [6, 6.07) is 3.12. The van der Waals surface area contributed by atoms with Gasteiger partial charge in [-0.3, -0.25) is 10.1 Å². The molecule has 108 valence electrons. The summed E-state index contributed by atoms with van der Waals surface area (Å²) in [7, 11) is 1.39. The van der Waals surface area contributed by atoms with Crippen LogP contribution in [0.25, 0.3) is 0 Å². The molecule has 0 aromatic carbocycles. The highest BCUT2D eigenvalue weighted by molar-refractivity contribution is 5.51. The van der Waals surface area contributed by atoms with Crippen LogP contribution in [0.4, 0.5) is 11.5 Å². The summed E-state index contributed by atoms with van der Waals surface area (Å²) in [5, 5.41) is 10.9. The normalized spacial score (nSPS) is 25.4. The quantitative estimate of drug-likeness (QED) is 0.619. The number of hydrogen-bond donors (Lipinski definition) is 0. The predicted molar refractivity (Wildman–Crippen MR) is 72.2 cm³/mol. The first-order valence-electron chi connectivity index (χ1n) is 6.72. The molecule has 1 spiro atoms. The first-order chi connectivity index (χ1) is 9.63. The van der Waals surface area contributed by atoms with Crippen LogP contribution in [-0.4, -0.2) is 42.3 Å². The molecule has 2 fully saturated rings. The van der Waals surface area contributed by atoms with Gasteiger partial charge < -0.3 is 14.4 Å². The Labute approximate surface area is 116 Å². The van der Waals surface area contributed by atoms with Gasteiger partial charge in [0, 0.05) is 25.8 Å². The van der Waals surface area contributed by atoms with E-state index >= 15 is 0 Å². The Morgan fingerprint density at radius 2 is 2.35 bits per heavy atom. The summed E-state index contributed by atoms with van der Waals surface area (Å²) >= 11 is 0. The zero-order valence-electron chi connectivity index (χ0n) is 11.4. The molecule has 1 atom stereocenters. The first-order valence-corrected chi connectivity index (χ1v) is 6.72. The summed E-state index contributed by atoms with van der Waals surface area (Å²) in [6.07, 6.45) is 3.16. The maximum Gasteiger partial charge on any atom is 0.331 e. The third-order valence-electron chi connectivity index (χ3n) is 4.04. The van der Waals surface area contributed by atoms with E-state index in [0.717, 1.165) is 39.0 Å². The molecule has 3 rings (SSSR count). The van der Waals surface area contributed by atoms with Crippen LogP contribution in [0, 0.1) is 10.1 Å². The Bertz CT molecular complexity index is 528. The second-order valence-electron chi connectivity index (χ2n) is 5.26. The molecule has 7 nitrogen and oxygen atoms in total. The number of rotatable bonds is 3. The fourth-order valence-electron chi connectivity index (χ4n) is 3.01. The molecule has 0 radical (unpaired) electrons. The molecule has 2 aliphatic heterocycles. The van der Waals surface area contributed by atoms with Crippen LogP contribution in [0.5, 0.6) is 5.88 Å². The van der Waals surface area contributed by atoms with Crippen LogP contribution in [0.1, 0.15) is 19.3 Å². The number of ether oxygens (including phenoxy) is 2. The number of aromatic nitrogens is 1. The van der Waals surface area contributed by atoms with Crippen molar-refractivity contribution in [3.63, 3.8) is 0 Å². The lowest BCUT2D eigenvalue weighted by atomic mass is 10.00. The van der Waals surface area contributed by atoms with Gasteiger partial charge in [0.05, 0.1) is 17.6 Å². The highest BCUT2D eigenvalue weighted by atomic mass is 16.6. The Morgan fingerprint density at radius 3 is 3.00 bits per heavy atom. The fraction of sp³-hybridized carbons (Fsp3) is 0.615. The molecule has 2 saturated heterocycles. The summed E-state index contributed by atoms with van der Waals surface area (Å²) in [6.45, 7) is 2.47. The zero-order chi connectivity index (χ0) is 14.2. The molecule has 1 aromatic rings. The second-order valence-corrected chi connectivity index (χ2v) is 5.26. The van der Waals surface area contributed by atoms with Crippen LogP contribution in [0.15, 0.2) is 12.1 Å². The zero-order valence-corrected chi connectivity index (χ0v) is 11.4. The third-order valence-corrected chi connectivity index (χ3v) is 4.04. The van der Waals surface area contributed by atoms with E-state index in [1.54, 1.807) is 6.07 Å². The minimum absolute atomic E-state index is 0.0450. The highest BCUT2D eigenvalue weighted by Crippen LogP contribution is 2.37. The maximum absolute atomic E-state index is 10.9. The van der Waals surface area contributed by atoms with Crippen LogP contribution in [-0.2, 0) is 4.74 Å². The van der Waals surface area contributed by atoms with Crippen molar-refractivity contribution in [3.8, 4) is 5.88 Å². The Balaban J connectivity index is 1.83. The molecule has 0 saturated carbocycles. The lowest BCUT2D eigenvalue weighted by Gasteiger charge is -2.23. The standard InChI is InChI=1S/C13H17N3O4/c1-19-12-10(16(17)18)3-4-11(14-12)15-7-6-13(9-15)5-2-8-20-13/h3-4H,2,5-9H2,1H3. The minimum Gasteiger partial charge on any atom is -0.476 e.